The number of hydrazone groups is 1. The average molecular weight is 328 g/mol. The molecule has 0 radical (unpaired) electrons. The molecule has 0 atom stereocenters. The van der Waals surface area contributed by atoms with Crippen LogP contribution in [0.25, 0.3) is 0 Å². The summed E-state index contributed by atoms with van der Waals surface area (Å²) in [6.45, 7) is 1.93. The number of carbonyl (C=O) groups is 1. The number of carbonyl (C=O) groups excluding carboxylic acids is 1. The molecule has 0 unspecified atom stereocenters. The molecule has 0 saturated heterocycles. The van der Waals surface area contributed by atoms with E-state index >= 15 is 0 Å². The van der Waals surface area contributed by atoms with Gasteiger partial charge in [-0.05, 0) is 36.8 Å². The molecule has 0 aliphatic heterocycles. The molecule has 0 fully saturated rings. The van der Waals surface area contributed by atoms with Crippen molar-refractivity contribution in [3.05, 3.63) is 53.1 Å². The van der Waals surface area contributed by atoms with E-state index in [4.69, 9.17) is 14.2 Å². The Morgan fingerprint density at radius 3 is 2.42 bits per heavy atom. The smallest absolute Gasteiger partial charge is 0.275 e. The molecule has 0 saturated carbocycles. The summed E-state index contributed by atoms with van der Waals surface area (Å²) in [6, 6.07) is 10.7. The Hall–Kier alpha value is -3.02. The van der Waals surface area contributed by atoms with Crippen LogP contribution < -0.4 is 19.6 Å². The third-order valence-electron chi connectivity index (χ3n) is 3.41. The zero-order valence-electron chi connectivity index (χ0n) is 14.1. The number of hydrogen-bond acceptors (Lipinski definition) is 5. The van der Waals surface area contributed by atoms with Crippen molar-refractivity contribution < 1.29 is 19.0 Å². The number of methoxy groups -OCH3 is 3. The van der Waals surface area contributed by atoms with Crippen LogP contribution >= 0.6 is 0 Å². The van der Waals surface area contributed by atoms with Gasteiger partial charge in [-0.3, -0.25) is 4.79 Å². The van der Waals surface area contributed by atoms with E-state index in [9.17, 15) is 4.79 Å². The minimum absolute atomic E-state index is 0.351. The number of nitrogens with zero attached hydrogens (tertiary/aromatic N) is 1. The Bertz CT molecular complexity index is 757. The molecule has 0 bridgehead atoms. The quantitative estimate of drug-likeness (QED) is 0.654. The number of aryl methyl sites for hydroxylation is 1. The fourth-order valence-corrected chi connectivity index (χ4v) is 2.13. The van der Waals surface area contributed by atoms with E-state index in [0.717, 1.165) is 11.1 Å². The van der Waals surface area contributed by atoms with E-state index in [2.05, 4.69) is 10.5 Å². The number of amides is 1. The number of ether oxygens (including phenoxy) is 3. The first kappa shape index (κ1) is 17.3. The number of benzene rings is 2. The Kier molecular flexibility index (Phi) is 5.78. The van der Waals surface area contributed by atoms with Crippen LogP contribution in [0.3, 0.4) is 0 Å². The SMILES string of the molecule is COc1ccc(/C=N/NC(=O)c2ccc(C)cc2OC)c(OC)c1. The van der Waals surface area contributed by atoms with Gasteiger partial charge in [0.2, 0.25) is 0 Å². The summed E-state index contributed by atoms with van der Waals surface area (Å²) in [5, 5.41) is 3.98. The normalized spacial score (nSPS) is 10.5. The molecule has 126 valence electrons. The first-order valence-electron chi connectivity index (χ1n) is 7.29. The minimum Gasteiger partial charge on any atom is -0.497 e. The van der Waals surface area contributed by atoms with Crippen LogP contribution in [-0.2, 0) is 0 Å². The van der Waals surface area contributed by atoms with Gasteiger partial charge in [0.15, 0.2) is 0 Å². The van der Waals surface area contributed by atoms with Gasteiger partial charge in [0.1, 0.15) is 17.2 Å². The summed E-state index contributed by atoms with van der Waals surface area (Å²) in [5.74, 6) is 1.43. The highest BCUT2D eigenvalue weighted by molar-refractivity contribution is 5.97. The van der Waals surface area contributed by atoms with Gasteiger partial charge in [-0.15, -0.1) is 0 Å². The second-order valence-electron chi connectivity index (χ2n) is 5.01. The largest absolute Gasteiger partial charge is 0.497 e. The molecule has 0 aliphatic carbocycles. The lowest BCUT2D eigenvalue weighted by Crippen LogP contribution is -2.18. The minimum atomic E-state index is -0.351. The van der Waals surface area contributed by atoms with Gasteiger partial charge in [0.05, 0.1) is 33.1 Å². The van der Waals surface area contributed by atoms with E-state index < -0.39 is 0 Å². The number of rotatable bonds is 6. The van der Waals surface area contributed by atoms with E-state index in [-0.39, 0.29) is 5.91 Å². The Labute approximate surface area is 141 Å². The molecular formula is C18H20N2O4. The van der Waals surface area contributed by atoms with E-state index in [1.165, 1.54) is 13.3 Å². The van der Waals surface area contributed by atoms with Crippen molar-refractivity contribution in [2.45, 2.75) is 6.92 Å². The topological polar surface area (TPSA) is 69.2 Å². The van der Waals surface area contributed by atoms with Crippen LogP contribution in [0.2, 0.25) is 0 Å². The molecule has 1 N–H and O–H groups in total. The molecule has 2 rings (SSSR count). The van der Waals surface area contributed by atoms with Crippen molar-refractivity contribution in [3.8, 4) is 17.2 Å². The molecule has 1 amide bonds. The van der Waals surface area contributed by atoms with Crippen molar-refractivity contribution in [3.63, 3.8) is 0 Å². The maximum atomic E-state index is 12.2. The van der Waals surface area contributed by atoms with E-state index in [0.29, 0.717) is 22.8 Å². The van der Waals surface area contributed by atoms with Crippen molar-refractivity contribution in [1.29, 1.82) is 0 Å². The van der Waals surface area contributed by atoms with Gasteiger partial charge in [-0.25, -0.2) is 5.43 Å². The molecule has 0 heterocycles. The Morgan fingerprint density at radius 2 is 1.75 bits per heavy atom. The van der Waals surface area contributed by atoms with E-state index in [1.54, 1.807) is 44.6 Å². The molecule has 0 aliphatic rings. The monoisotopic (exact) mass is 328 g/mol. The summed E-state index contributed by atoms with van der Waals surface area (Å²) in [7, 11) is 4.66. The van der Waals surface area contributed by atoms with Gasteiger partial charge < -0.3 is 14.2 Å². The lowest BCUT2D eigenvalue weighted by molar-refractivity contribution is 0.0952. The van der Waals surface area contributed by atoms with Gasteiger partial charge in [-0.1, -0.05) is 6.07 Å². The predicted octanol–water partition coefficient (Wildman–Crippen LogP) is 2.78. The van der Waals surface area contributed by atoms with Crippen LogP contribution in [0.4, 0.5) is 0 Å². The molecule has 24 heavy (non-hydrogen) atoms. The Balaban J connectivity index is 2.13. The Morgan fingerprint density at radius 1 is 1.00 bits per heavy atom. The van der Waals surface area contributed by atoms with Crippen LogP contribution in [0.15, 0.2) is 41.5 Å². The third-order valence-corrected chi connectivity index (χ3v) is 3.41. The van der Waals surface area contributed by atoms with Crippen LogP contribution in [0, 0.1) is 6.92 Å². The summed E-state index contributed by atoms with van der Waals surface area (Å²) in [5.41, 5.74) is 4.63. The maximum Gasteiger partial charge on any atom is 0.275 e. The van der Waals surface area contributed by atoms with Crippen LogP contribution in [-0.4, -0.2) is 33.5 Å². The fourth-order valence-electron chi connectivity index (χ4n) is 2.13. The summed E-state index contributed by atoms with van der Waals surface area (Å²) >= 11 is 0. The number of hydrogen-bond donors (Lipinski definition) is 1. The molecular weight excluding hydrogens is 308 g/mol. The highest BCUT2D eigenvalue weighted by Gasteiger charge is 2.11. The number of nitrogens with one attached hydrogen (secondary N) is 1. The first-order chi connectivity index (χ1) is 11.6. The predicted molar refractivity (Wildman–Crippen MR) is 92.3 cm³/mol. The summed E-state index contributed by atoms with van der Waals surface area (Å²) in [6.07, 6.45) is 1.51. The lowest BCUT2D eigenvalue weighted by atomic mass is 10.1. The highest BCUT2D eigenvalue weighted by atomic mass is 16.5. The standard InChI is InChI=1S/C18H20N2O4/c1-12-5-8-15(17(9-12)24-4)18(21)20-19-11-13-6-7-14(22-2)10-16(13)23-3/h5-11H,1-4H3,(H,20,21)/b19-11+. The van der Waals surface area contributed by atoms with Gasteiger partial charge in [0.25, 0.3) is 5.91 Å². The van der Waals surface area contributed by atoms with Crippen LogP contribution in [0.5, 0.6) is 17.2 Å². The van der Waals surface area contributed by atoms with Crippen LogP contribution in [0.1, 0.15) is 21.5 Å². The van der Waals surface area contributed by atoms with Crippen molar-refractivity contribution in [1.82, 2.24) is 5.43 Å². The second kappa shape index (κ2) is 8.01. The zero-order chi connectivity index (χ0) is 17.5. The molecule has 0 spiro atoms. The second-order valence-corrected chi connectivity index (χ2v) is 5.01. The van der Waals surface area contributed by atoms with Gasteiger partial charge in [0, 0.05) is 11.6 Å². The van der Waals surface area contributed by atoms with E-state index in [1.807, 2.05) is 13.0 Å². The maximum absolute atomic E-state index is 12.2. The summed E-state index contributed by atoms with van der Waals surface area (Å²) in [4.78, 5) is 12.2. The average Bonchev–Trinajstić information content (AvgIpc) is 2.61. The van der Waals surface area contributed by atoms with Gasteiger partial charge in [-0.2, -0.15) is 5.10 Å². The molecule has 6 nitrogen and oxygen atoms in total. The molecule has 6 heteroatoms. The zero-order valence-corrected chi connectivity index (χ0v) is 14.1. The lowest BCUT2D eigenvalue weighted by Gasteiger charge is -2.08. The fraction of sp³-hybridized carbons (Fsp3) is 0.222. The molecule has 2 aromatic rings. The third kappa shape index (κ3) is 4.04. The van der Waals surface area contributed by atoms with Crippen molar-refractivity contribution in [2.24, 2.45) is 5.10 Å². The van der Waals surface area contributed by atoms with Gasteiger partial charge >= 0.3 is 0 Å². The summed E-state index contributed by atoms with van der Waals surface area (Å²) < 4.78 is 15.6. The molecule has 0 aromatic heterocycles. The van der Waals surface area contributed by atoms with Crippen molar-refractivity contribution >= 4 is 12.1 Å². The highest BCUT2D eigenvalue weighted by Crippen LogP contribution is 2.23. The van der Waals surface area contributed by atoms with Crippen molar-refractivity contribution in [2.75, 3.05) is 21.3 Å². The molecule has 2 aromatic carbocycles. The first-order valence-corrected chi connectivity index (χ1v) is 7.29.